The summed E-state index contributed by atoms with van der Waals surface area (Å²) in [6.07, 6.45) is 0.726. The molecule has 1 saturated carbocycles. The lowest BCUT2D eigenvalue weighted by Crippen LogP contribution is -2.33. The third-order valence-corrected chi connectivity index (χ3v) is 5.51. The lowest BCUT2D eigenvalue weighted by atomic mass is 10.0. The molecule has 2 saturated heterocycles. The van der Waals surface area contributed by atoms with Crippen molar-refractivity contribution in [3.63, 3.8) is 0 Å². The number of rotatable bonds is 2. The lowest BCUT2D eigenvalue weighted by Gasteiger charge is -2.17. The Bertz CT molecular complexity index is 561. The molecule has 5 heteroatoms. The SMILES string of the molecule is O=C(C1CC1c1c(F)cccc1Cl)N1C[C@H]2CNC[C@H]2C1. The van der Waals surface area contributed by atoms with Crippen molar-refractivity contribution in [2.24, 2.45) is 17.8 Å². The highest BCUT2D eigenvalue weighted by Crippen LogP contribution is 2.51. The predicted octanol–water partition coefficient (Wildman–Crippen LogP) is 2.26. The largest absolute Gasteiger partial charge is 0.342 e. The number of hydrogen-bond donors (Lipinski definition) is 1. The Labute approximate surface area is 128 Å². The summed E-state index contributed by atoms with van der Waals surface area (Å²) in [5.74, 6) is 0.987. The van der Waals surface area contributed by atoms with E-state index < -0.39 is 0 Å². The lowest BCUT2D eigenvalue weighted by molar-refractivity contribution is -0.131. The Morgan fingerprint density at radius 3 is 2.67 bits per heavy atom. The van der Waals surface area contributed by atoms with E-state index in [1.807, 2.05) is 4.90 Å². The molecule has 1 aromatic rings. The minimum absolute atomic E-state index is 0.0373. The van der Waals surface area contributed by atoms with Crippen LogP contribution in [-0.4, -0.2) is 37.0 Å². The van der Waals surface area contributed by atoms with Crippen LogP contribution >= 0.6 is 11.6 Å². The van der Waals surface area contributed by atoms with E-state index in [9.17, 15) is 9.18 Å². The summed E-state index contributed by atoms with van der Waals surface area (Å²) in [6, 6.07) is 4.73. The smallest absolute Gasteiger partial charge is 0.226 e. The van der Waals surface area contributed by atoms with Gasteiger partial charge in [0.2, 0.25) is 5.91 Å². The van der Waals surface area contributed by atoms with Gasteiger partial charge in [0.05, 0.1) is 0 Å². The van der Waals surface area contributed by atoms with Crippen LogP contribution in [-0.2, 0) is 4.79 Å². The maximum atomic E-state index is 13.9. The van der Waals surface area contributed by atoms with Crippen LogP contribution in [0.15, 0.2) is 18.2 Å². The van der Waals surface area contributed by atoms with Crippen LogP contribution in [0.2, 0.25) is 5.02 Å². The fourth-order valence-electron chi connectivity index (χ4n) is 3.92. The van der Waals surface area contributed by atoms with E-state index in [0.717, 1.165) is 32.6 Å². The van der Waals surface area contributed by atoms with Crippen molar-refractivity contribution in [2.45, 2.75) is 12.3 Å². The number of fused-ring (bicyclic) bond motifs is 1. The van der Waals surface area contributed by atoms with Gasteiger partial charge in [-0.05, 0) is 30.4 Å². The molecule has 1 amide bonds. The molecule has 3 nitrogen and oxygen atoms in total. The Hall–Kier alpha value is -1.13. The Balaban J connectivity index is 1.46. The first-order valence-corrected chi connectivity index (χ1v) is 7.96. The molecular formula is C16H18ClFN2O. The van der Waals surface area contributed by atoms with E-state index in [1.165, 1.54) is 6.07 Å². The van der Waals surface area contributed by atoms with Crippen LogP contribution in [0.1, 0.15) is 17.9 Å². The molecule has 112 valence electrons. The first-order valence-electron chi connectivity index (χ1n) is 7.58. The van der Waals surface area contributed by atoms with Crippen molar-refractivity contribution >= 4 is 17.5 Å². The fraction of sp³-hybridized carbons (Fsp3) is 0.562. The van der Waals surface area contributed by atoms with Crippen LogP contribution in [0.25, 0.3) is 0 Å². The van der Waals surface area contributed by atoms with E-state index in [0.29, 0.717) is 22.4 Å². The van der Waals surface area contributed by atoms with Crippen molar-refractivity contribution in [3.05, 3.63) is 34.6 Å². The summed E-state index contributed by atoms with van der Waals surface area (Å²) < 4.78 is 13.9. The number of nitrogens with zero attached hydrogens (tertiary/aromatic N) is 1. The van der Waals surface area contributed by atoms with Gasteiger partial charge in [-0.25, -0.2) is 4.39 Å². The van der Waals surface area contributed by atoms with Gasteiger partial charge in [0.1, 0.15) is 5.82 Å². The zero-order valence-corrected chi connectivity index (χ0v) is 12.4. The van der Waals surface area contributed by atoms with Crippen LogP contribution in [0.5, 0.6) is 0 Å². The molecule has 1 aromatic carbocycles. The molecule has 4 rings (SSSR count). The first kappa shape index (κ1) is 13.5. The average Bonchev–Trinajstić information content (AvgIpc) is 2.90. The van der Waals surface area contributed by atoms with Crippen molar-refractivity contribution in [1.29, 1.82) is 0 Å². The summed E-state index contributed by atoms with van der Waals surface area (Å²) in [7, 11) is 0. The highest BCUT2D eigenvalue weighted by Gasteiger charge is 2.50. The summed E-state index contributed by atoms with van der Waals surface area (Å²) in [5, 5.41) is 3.82. The summed E-state index contributed by atoms with van der Waals surface area (Å²) >= 11 is 6.10. The monoisotopic (exact) mass is 308 g/mol. The first-order chi connectivity index (χ1) is 10.1. The number of carbonyl (C=O) groups excluding carboxylic acids is 1. The van der Waals surface area contributed by atoms with Gasteiger partial charge >= 0.3 is 0 Å². The third-order valence-electron chi connectivity index (χ3n) is 5.18. The van der Waals surface area contributed by atoms with Crippen molar-refractivity contribution in [2.75, 3.05) is 26.2 Å². The van der Waals surface area contributed by atoms with Gasteiger partial charge in [0, 0.05) is 48.6 Å². The molecule has 1 N–H and O–H groups in total. The van der Waals surface area contributed by atoms with Gasteiger partial charge in [0.25, 0.3) is 0 Å². The minimum atomic E-state index is -0.287. The van der Waals surface area contributed by atoms with Gasteiger partial charge in [-0.2, -0.15) is 0 Å². The molecule has 0 bridgehead atoms. The Kier molecular flexibility index (Phi) is 3.19. The normalized spacial score (nSPS) is 34.1. The summed E-state index contributed by atoms with van der Waals surface area (Å²) in [6.45, 7) is 3.73. The Morgan fingerprint density at radius 1 is 1.29 bits per heavy atom. The van der Waals surface area contributed by atoms with Gasteiger partial charge < -0.3 is 10.2 Å². The highest BCUT2D eigenvalue weighted by atomic mass is 35.5. The van der Waals surface area contributed by atoms with Gasteiger partial charge in [-0.3, -0.25) is 4.79 Å². The molecule has 0 radical (unpaired) electrons. The minimum Gasteiger partial charge on any atom is -0.342 e. The third kappa shape index (κ3) is 2.25. The molecule has 1 aliphatic carbocycles. The maximum Gasteiger partial charge on any atom is 0.226 e. The second kappa shape index (κ2) is 4.96. The van der Waals surface area contributed by atoms with E-state index >= 15 is 0 Å². The van der Waals surface area contributed by atoms with Crippen LogP contribution in [0, 0.1) is 23.6 Å². The van der Waals surface area contributed by atoms with E-state index in [1.54, 1.807) is 12.1 Å². The van der Waals surface area contributed by atoms with Crippen LogP contribution in [0.3, 0.4) is 0 Å². The molecule has 0 aromatic heterocycles. The zero-order valence-electron chi connectivity index (χ0n) is 11.7. The summed E-state index contributed by atoms with van der Waals surface area (Å²) in [4.78, 5) is 14.6. The number of carbonyl (C=O) groups is 1. The van der Waals surface area contributed by atoms with Crippen molar-refractivity contribution < 1.29 is 9.18 Å². The average molecular weight is 309 g/mol. The number of likely N-dealkylation sites (tertiary alicyclic amines) is 1. The van der Waals surface area contributed by atoms with Crippen molar-refractivity contribution in [1.82, 2.24) is 10.2 Å². The number of amides is 1. The number of halogens is 2. The quantitative estimate of drug-likeness (QED) is 0.909. The topological polar surface area (TPSA) is 32.3 Å². The molecule has 2 heterocycles. The Morgan fingerprint density at radius 2 is 2.00 bits per heavy atom. The molecule has 2 aliphatic heterocycles. The van der Waals surface area contributed by atoms with Crippen LogP contribution in [0.4, 0.5) is 4.39 Å². The summed E-state index contributed by atoms with van der Waals surface area (Å²) in [5.41, 5.74) is 0.526. The molecule has 4 atom stereocenters. The molecule has 3 aliphatic rings. The number of hydrogen-bond acceptors (Lipinski definition) is 2. The van der Waals surface area contributed by atoms with Crippen molar-refractivity contribution in [3.8, 4) is 0 Å². The second-order valence-electron chi connectivity index (χ2n) is 6.51. The van der Waals surface area contributed by atoms with E-state index in [4.69, 9.17) is 11.6 Å². The molecule has 2 unspecified atom stereocenters. The van der Waals surface area contributed by atoms with Gasteiger partial charge in [0.15, 0.2) is 0 Å². The van der Waals surface area contributed by atoms with E-state index in [2.05, 4.69) is 5.32 Å². The second-order valence-corrected chi connectivity index (χ2v) is 6.91. The molecule has 21 heavy (non-hydrogen) atoms. The molecular weight excluding hydrogens is 291 g/mol. The van der Waals surface area contributed by atoms with E-state index in [-0.39, 0.29) is 23.6 Å². The standard InChI is InChI=1S/C16H18ClFN2O/c17-13-2-1-3-14(18)15(13)11-4-12(11)16(21)20-7-9-5-19-6-10(9)8-20/h1-3,9-12,19H,4-8H2/t9-,10+,11?,12?. The van der Waals surface area contributed by atoms with Gasteiger partial charge in [-0.15, -0.1) is 0 Å². The van der Waals surface area contributed by atoms with Gasteiger partial charge in [-0.1, -0.05) is 17.7 Å². The molecule has 0 spiro atoms. The fourth-order valence-corrected chi connectivity index (χ4v) is 4.22. The maximum absolute atomic E-state index is 13.9. The van der Waals surface area contributed by atoms with Crippen LogP contribution < -0.4 is 5.32 Å². The zero-order chi connectivity index (χ0) is 14.6. The predicted molar refractivity (Wildman–Crippen MR) is 78.7 cm³/mol. The highest BCUT2D eigenvalue weighted by molar-refractivity contribution is 6.31. The number of nitrogens with one attached hydrogen (secondary N) is 1. The number of benzene rings is 1. The molecule has 3 fully saturated rings.